The molecular weight excluding hydrogens is 323 g/mol. The molecule has 1 heterocycles. The lowest BCUT2D eigenvalue weighted by molar-refractivity contribution is -0.121. The van der Waals surface area contributed by atoms with Crippen molar-refractivity contribution in [1.82, 2.24) is 10.3 Å². The highest BCUT2D eigenvalue weighted by Gasteiger charge is 2.13. The SMILES string of the molecule is COc1nc(C)cc(C)c1CNC(=O)CCC(=O)c1ccc(F)cc1. The molecule has 0 saturated heterocycles. The molecule has 0 aliphatic carbocycles. The number of aromatic nitrogens is 1. The number of hydrogen-bond acceptors (Lipinski definition) is 4. The normalized spacial score (nSPS) is 10.4. The van der Waals surface area contributed by atoms with Crippen LogP contribution < -0.4 is 10.1 Å². The lowest BCUT2D eigenvalue weighted by Gasteiger charge is -2.12. The summed E-state index contributed by atoms with van der Waals surface area (Å²) in [5.74, 6) is -0.344. The zero-order valence-corrected chi connectivity index (χ0v) is 14.6. The molecule has 6 heteroatoms. The number of aryl methyl sites for hydroxylation is 2. The Bertz CT molecular complexity index is 773. The Morgan fingerprint density at radius 1 is 1.16 bits per heavy atom. The van der Waals surface area contributed by atoms with Gasteiger partial charge in [-0.2, -0.15) is 0 Å². The second-order valence-corrected chi connectivity index (χ2v) is 5.78. The Labute approximate surface area is 146 Å². The molecule has 0 unspecified atom stereocenters. The van der Waals surface area contributed by atoms with Gasteiger partial charge in [-0.05, 0) is 49.7 Å². The topological polar surface area (TPSA) is 68.3 Å². The number of carbonyl (C=O) groups excluding carboxylic acids is 2. The van der Waals surface area contributed by atoms with E-state index >= 15 is 0 Å². The minimum atomic E-state index is -0.398. The highest BCUT2D eigenvalue weighted by molar-refractivity contribution is 5.97. The Kier molecular flexibility index (Phi) is 6.22. The van der Waals surface area contributed by atoms with Crippen LogP contribution in [0.4, 0.5) is 4.39 Å². The fraction of sp³-hybridized carbons (Fsp3) is 0.316. The van der Waals surface area contributed by atoms with Gasteiger partial charge in [0.1, 0.15) is 5.82 Å². The Hall–Kier alpha value is -2.76. The molecule has 5 nitrogen and oxygen atoms in total. The molecule has 0 fully saturated rings. The van der Waals surface area contributed by atoms with Gasteiger partial charge in [-0.3, -0.25) is 9.59 Å². The number of pyridine rings is 1. The van der Waals surface area contributed by atoms with E-state index in [9.17, 15) is 14.0 Å². The molecule has 0 atom stereocenters. The molecule has 132 valence electrons. The van der Waals surface area contributed by atoms with Gasteiger partial charge < -0.3 is 10.1 Å². The van der Waals surface area contributed by atoms with Gasteiger partial charge in [-0.1, -0.05) is 0 Å². The third-order valence-corrected chi connectivity index (χ3v) is 3.84. The Morgan fingerprint density at radius 3 is 2.48 bits per heavy atom. The summed E-state index contributed by atoms with van der Waals surface area (Å²) in [6, 6.07) is 7.21. The molecule has 2 aromatic rings. The van der Waals surface area contributed by atoms with Crippen molar-refractivity contribution in [1.29, 1.82) is 0 Å². The van der Waals surface area contributed by atoms with Gasteiger partial charge in [0.2, 0.25) is 11.8 Å². The number of ether oxygens (including phenoxy) is 1. The van der Waals surface area contributed by atoms with E-state index < -0.39 is 5.82 Å². The van der Waals surface area contributed by atoms with Crippen LogP contribution in [0, 0.1) is 19.7 Å². The third kappa shape index (κ3) is 5.11. The van der Waals surface area contributed by atoms with Crippen molar-refractivity contribution in [3.05, 3.63) is 58.5 Å². The van der Waals surface area contributed by atoms with E-state index in [0.717, 1.165) is 16.8 Å². The molecule has 1 aromatic heterocycles. The molecule has 2 rings (SSSR count). The fourth-order valence-corrected chi connectivity index (χ4v) is 2.50. The van der Waals surface area contributed by atoms with Crippen LogP contribution in [0.15, 0.2) is 30.3 Å². The van der Waals surface area contributed by atoms with Crippen molar-refractivity contribution >= 4 is 11.7 Å². The molecule has 0 spiro atoms. The minimum absolute atomic E-state index is 0.0663. The molecule has 0 bridgehead atoms. The van der Waals surface area contributed by atoms with Crippen LogP contribution in [0.25, 0.3) is 0 Å². The van der Waals surface area contributed by atoms with Gasteiger partial charge >= 0.3 is 0 Å². The van der Waals surface area contributed by atoms with E-state index in [0.29, 0.717) is 11.4 Å². The molecule has 25 heavy (non-hydrogen) atoms. The highest BCUT2D eigenvalue weighted by Crippen LogP contribution is 2.20. The van der Waals surface area contributed by atoms with Crippen LogP contribution in [-0.2, 0) is 11.3 Å². The Morgan fingerprint density at radius 2 is 1.84 bits per heavy atom. The minimum Gasteiger partial charge on any atom is -0.481 e. The molecule has 0 radical (unpaired) electrons. The second-order valence-electron chi connectivity index (χ2n) is 5.78. The predicted molar refractivity (Wildman–Crippen MR) is 92.1 cm³/mol. The molecule has 1 aromatic carbocycles. The Balaban J connectivity index is 1.89. The van der Waals surface area contributed by atoms with Crippen molar-refractivity contribution in [3.63, 3.8) is 0 Å². The van der Waals surface area contributed by atoms with Crippen molar-refractivity contribution in [2.75, 3.05) is 7.11 Å². The first-order chi connectivity index (χ1) is 11.9. The summed E-state index contributed by atoms with van der Waals surface area (Å²) < 4.78 is 18.1. The van der Waals surface area contributed by atoms with Crippen LogP contribution >= 0.6 is 0 Å². The second kappa shape index (κ2) is 8.37. The van der Waals surface area contributed by atoms with E-state index in [1.807, 2.05) is 19.9 Å². The summed E-state index contributed by atoms with van der Waals surface area (Å²) in [6.45, 7) is 4.08. The van der Waals surface area contributed by atoms with Gasteiger partial charge in [0.25, 0.3) is 0 Å². The molecule has 0 aliphatic rings. The smallest absolute Gasteiger partial charge is 0.220 e. The third-order valence-electron chi connectivity index (χ3n) is 3.84. The summed E-state index contributed by atoms with van der Waals surface area (Å²) >= 11 is 0. The lowest BCUT2D eigenvalue weighted by Crippen LogP contribution is -2.24. The number of benzene rings is 1. The van der Waals surface area contributed by atoms with Gasteiger partial charge in [0.15, 0.2) is 5.78 Å². The molecule has 0 aliphatic heterocycles. The van der Waals surface area contributed by atoms with Crippen LogP contribution in [0.3, 0.4) is 0 Å². The van der Waals surface area contributed by atoms with E-state index in [4.69, 9.17) is 4.74 Å². The molecule has 0 saturated carbocycles. The predicted octanol–water partition coefficient (Wildman–Crippen LogP) is 3.13. The number of hydrogen-bond donors (Lipinski definition) is 1. The average molecular weight is 344 g/mol. The van der Waals surface area contributed by atoms with Crippen LogP contribution in [0.1, 0.15) is 40.0 Å². The summed E-state index contributed by atoms with van der Waals surface area (Å²) in [4.78, 5) is 28.3. The first kappa shape index (κ1) is 18.6. The first-order valence-corrected chi connectivity index (χ1v) is 7.97. The van der Waals surface area contributed by atoms with Gasteiger partial charge in [0.05, 0.1) is 7.11 Å². The van der Waals surface area contributed by atoms with Gasteiger partial charge in [-0.25, -0.2) is 9.37 Å². The summed E-state index contributed by atoms with van der Waals surface area (Å²) in [7, 11) is 1.54. The largest absolute Gasteiger partial charge is 0.481 e. The number of methoxy groups -OCH3 is 1. The maximum absolute atomic E-state index is 12.9. The number of nitrogens with zero attached hydrogens (tertiary/aromatic N) is 1. The van der Waals surface area contributed by atoms with Gasteiger partial charge in [0, 0.05) is 36.2 Å². The molecule has 1 amide bonds. The van der Waals surface area contributed by atoms with E-state index in [-0.39, 0.29) is 31.1 Å². The number of Topliss-reactive ketones (excluding diaryl/α,β-unsaturated/α-hetero) is 1. The van der Waals surface area contributed by atoms with Crippen molar-refractivity contribution < 1.29 is 18.7 Å². The van der Waals surface area contributed by atoms with E-state index in [1.165, 1.54) is 31.4 Å². The highest BCUT2D eigenvalue weighted by atomic mass is 19.1. The van der Waals surface area contributed by atoms with Crippen LogP contribution in [-0.4, -0.2) is 23.8 Å². The number of carbonyl (C=O) groups is 2. The zero-order valence-electron chi connectivity index (χ0n) is 14.6. The van der Waals surface area contributed by atoms with E-state index in [2.05, 4.69) is 10.3 Å². The van der Waals surface area contributed by atoms with E-state index in [1.54, 1.807) is 0 Å². The maximum Gasteiger partial charge on any atom is 0.220 e. The van der Waals surface area contributed by atoms with Crippen molar-refractivity contribution in [2.24, 2.45) is 0 Å². The quantitative estimate of drug-likeness (QED) is 0.784. The van der Waals surface area contributed by atoms with Crippen LogP contribution in [0.2, 0.25) is 0 Å². The maximum atomic E-state index is 12.9. The summed E-state index contributed by atoms with van der Waals surface area (Å²) in [5, 5.41) is 2.78. The first-order valence-electron chi connectivity index (χ1n) is 7.97. The number of ketones is 1. The van der Waals surface area contributed by atoms with Crippen molar-refractivity contribution in [3.8, 4) is 5.88 Å². The number of halogens is 1. The number of amides is 1. The summed E-state index contributed by atoms with van der Waals surface area (Å²) in [6.07, 6.45) is 0.136. The molecular formula is C19H21FN2O3. The van der Waals surface area contributed by atoms with Gasteiger partial charge in [-0.15, -0.1) is 0 Å². The number of nitrogens with one attached hydrogen (secondary N) is 1. The average Bonchev–Trinajstić information content (AvgIpc) is 2.58. The fourth-order valence-electron chi connectivity index (χ4n) is 2.50. The lowest BCUT2D eigenvalue weighted by atomic mass is 10.1. The van der Waals surface area contributed by atoms with Crippen molar-refractivity contribution in [2.45, 2.75) is 33.2 Å². The monoisotopic (exact) mass is 344 g/mol. The van der Waals surface area contributed by atoms with Crippen LogP contribution in [0.5, 0.6) is 5.88 Å². The number of rotatable bonds is 7. The standard InChI is InChI=1S/C19H21FN2O3/c1-12-10-13(2)22-19(25-3)16(12)11-21-18(24)9-8-17(23)14-4-6-15(20)7-5-14/h4-7,10H,8-9,11H2,1-3H3,(H,21,24). The zero-order chi connectivity index (χ0) is 18.4. The molecule has 1 N–H and O–H groups in total. The summed E-state index contributed by atoms with van der Waals surface area (Å²) in [5.41, 5.74) is 3.03.